The van der Waals surface area contributed by atoms with Crippen molar-refractivity contribution in [2.75, 3.05) is 13.1 Å². The first-order valence-electron chi connectivity index (χ1n) is 8.33. The third-order valence-corrected chi connectivity index (χ3v) is 7.02. The highest BCUT2D eigenvalue weighted by Crippen LogP contribution is 2.28. The van der Waals surface area contributed by atoms with Crippen LogP contribution in [0, 0.1) is 11.3 Å². The van der Waals surface area contributed by atoms with Gasteiger partial charge in [0.15, 0.2) is 0 Å². The highest BCUT2D eigenvalue weighted by atomic mass is 32.2. The average Bonchev–Trinajstić information content (AvgIpc) is 3.21. The van der Waals surface area contributed by atoms with E-state index in [1.807, 2.05) is 22.9 Å². The number of carbonyl (C=O) groups is 1. The van der Waals surface area contributed by atoms with Crippen molar-refractivity contribution in [1.29, 1.82) is 5.26 Å². The Morgan fingerprint density at radius 2 is 2.00 bits per heavy atom. The zero-order valence-electron chi connectivity index (χ0n) is 14.1. The molecule has 1 atom stereocenters. The number of hydrogen-bond acceptors (Lipinski definition) is 5. The summed E-state index contributed by atoms with van der Waals surface area (Å²) in [5.74, 6) is -0.412. The van der Waals surface area contributed by atoms with Crippen LogP contribution in [0.5, 0.6) is 0 Å². The van der Waals surface area contributed by atoms with Gasteiger partial charge >= 0.3 is 0 Å². The smallest absolute Gasteiger partial charge is 0.243 e. The lowest BCUT2D eigenvalue weighted by atomic mass is 10.0. The summed E-state index contributed by atoms with van der Waals surface area (Å²) in [7, 11) is -3.77. The third-order valence-electron chi connectivity index (χ3n) is 4.41. The van der Waals surface area contributed by atoms with Crippen LogP contribution in [-0.2, 0) is 14.8 Å². The third kappa shape index (κ3) is 3.80. The van der Waals surface area contributed by atoms with Gasteiger partial charge in [0.1, 0.15) is 12.6 Å². The summed E-state index contributed by atoms with van der Waals surface area (Å²) in [6.07, 6.45) is 1.96. The Bertz CT molecular complexity index is 900. The van der Waals surface area contributed by atoms with Crippen LogP contribution in [0.15, 0.2) is 46.0 Å². The standard InChI is InChI=1S/C18H19N3O3S2/c19-9-10-20-18(22)17-3-1-2-11-21(17)26(23,24)16-6-4-14(5-7-16)15-8-12-25-13-15/h4-8,12-13,17H,1-3,10-11H2,(H,20,22). The zero-order chi connectivity index (χ0) is 18.6. The van der Waals surface area contributed by atoms with E-state index in [9.17, 15) is 13.2 Å². The second kappa shape index (κ2) is 7.99. The monoisotopic (exact) mass is 389 g/mol. The molecule has 0 saturated carbocycles. The molecule has 1 aliphatic heterocycles. The van der Waals surface area contributed by atoms with Gasteiger partial charge in [-0.2, -0.15) is 20.9 Å². The lowest BCUT2D eigenvalue weighted by molar-refractivity contribution is -0.125. The molecule has 3 rings (SSSR count). The lowest BCUT2D eigenvalue weighted by Crippen LogP contribution is -2.51. The van der Waals surface area contributed by atoms with Crippen LogP contribution in [0.25, 0.3) is 11.1 Å². The number of rotatable bonds is 5. The molecule has 1 aromatic heterocycles. The Hall–Kier alpha value is -2.21. The van der Waals surface area contributed by atoms with Crippen LogP contribution in [0.3, 0.4) is 0 Å². The predicted molar refractivity (Wildman–Crippen MR) is 99.9 cm³/mol. The number of nitrogens with zero attached hydrogens (tertiary/aromatic N) is 2. The summed E-state index contributed by atoms with van der Waals surface area (Å²) >= 11 is 1.58. The van der Waals surface area contributed by atoms with Crippen LogP contribution in [0.4, 0.5) is 0 Å². The molecule has 6 nitrogen and oxygen atoms in total. The van der Waals surface area contributed by atoms with Gasteiger partial charge in [0.2, 0.25) is 15.9 Å². The molecule has 0 spiro atoms. The minimum absolute atomic E-state index is 0.126. The van der Waals surface area contributed by atoms with Crippen LogP contribution in [0.1, 0.15) is 19.3 Å². The number of thiophene rings is 1. The molecule has 1 saturated heterocycles. The van der Waals surface area contributed by atoms with Crippen LogP contribution < -0.4 is 5.32 Å². The molecule has 1 aliphatic rings. The van der Waals surface area contributed by atoms with Gasteiger partial charge in [-0.3, -0.25) is 4.79 Å². The molecule has 1 amide bonds. The fourth-order valence-corrected chi connectivity index (χ4v) is 5.40. The van der Waals surface area contributed by atoms with Crippen LogP contribution >= 0.6 is 11.3 Å². The molecule has 1 unspecified atom stereocenters. The number of nitrogens with one attached hydrogen (secondary N) is 1. The van der Waals surface area contributed by atoms with E-state index in [0.717, 1.165) is 17.5 Å². The minimum atomic E-state index is -3.77. The minimum Gasteiger partial charge on any atom is -0.342 e. The Morgan fingerprint density at radius 1 is 1.23 bits per heavy atom. The average molecular weight is 390 g/mol. The van der Waals surface area contributed by atoms with E-state index in [2.05, 4.69) is 5.32 Å². The number of sulfonamides is 1. The largest absolute Gasteiger partial charge is 0.342 e. The van der Waals surface area contributed by atoms with Gasteiger partial charge in [0, 0.05) is 6.54 Å². The summed E-state index contributed by atoms with van der Waals surface area (Å²) in [6, 6.07) is 9.79. The van der Waals surface area contributed by atoms with Crippen molar-refractivity contribution in [2.24, 2.45) is 0 Å². The number of nitriles is 1. The molecular formula is C18H19N3O3S2. The van der Waals surface area contributed by atoms with Crippen molar-refractivity contribution in [3.8, 4) is 17.2 Å². The summed E-state index contributed by atoms with van der Waals surface area (Å²) in [6.45, 7) is 0.178. The first-order valence-corrected chi connectivity index (χ1v) is 10.7. The van der Waals surface area contributed by atoms with Crippen molar-refractivity contribution >= 4 is 27.3 Å². The van der Waals surface area contributed by atoms with E-state index >= 15 is 0 Å². The van der Waals surface area contributed by atoms with Gasteiger partial charge in [-0.25, -0.2) is 8.42 Å². The predicted octanol–water partition coefficient (Wildman–Crippen LogP) is 2.60. The van der Waals surface area contributed by atoms with Crippen molar-refractivity contribution in [1.82, 2.24) is 9.62 Å². The molecule has 1 aromatic carbocycles. The maximum absolute atomic E-state index is 13.1. The Morgan fingerprint density at radius 3 is 2.65 bits per heavy atom. The number of carbonyl (C=O) groups excluding carboxylic acids is 1. The molecule has 8 heteroatoms. The molecular weight excluding hydrogens is 370 g/mol. The number of benzene rings is 1. The molecule has 0 aliphatic carbocycles. The van der Waals surface area contributed by atoms with E-state index in [4.69, 9.17) is 5.26 Å². The number of piperidine rings is 1. The Kier molecular flexibility index (Phi) is 5.71. The van der Waals surface area contributed by atoms with E-state index in [1.165, 1.54) is 4.31 Å². The summed E-state index contributed by atoms with van der Waals surface area (Å²) in [5.41, 5.74) is 2.00. The van der Waals surface area contributed by atoms with Gasteiger partial charge in [-0.05, 0) is 52.9 Å². The van der Waals surface area contributed by atoms with E-state index < -0.39 is 22.0 Å². The summed E-state index contributed by atoms with van der Waals surface area (Å²) < 4.78 is 27.4. The number of hydrogen-bond donors (Lipinski definition) is 1. The molecule has 136 valence electrons. The highest BCUT2D eigenvalue weighted by molar-refractivity contribution is 7.89. The molecule has 26 heavy (non-hydrogen) atoms. The Labute approximate surface area is 157 Å². The Balaban J connectivity index is 1.85. The second-order valence-corrected chi connectivity index (χ2v) is 8.71. The molecule has 2 heterocycles. The molecule has 0 radical (unpaired) electrons. The first-order chi connectivity index (χ1) is 12.5. The quantitative estimate of drug-likeness (QED) is 0.796. The molecule has 1 fully saturated rings. The zero-order valence-corrected chi connectivity index (χ0v) is 15.7. The maximum Gasteiger partial charge on any atom is 0.243 e. The summed E-state index contributed by atoms with van der Waals surface area (Å²) in [4.78, 5) is 12.5. The number of amides is 1. The van der Waals surface area contributed by atoms with Gasteiger partial charge in [-0.15, -0.1) is 0 Å². The fourth-order valence-electron chi connectivity index (χ4n) is 3.08. The van der Waals surface area contributed by atoms with E-state index in [1.54, 1.807) is 35.6 Å². The van der Waals surface area contributed by atoms with Crippen LogP contribution in [0.2, 0.25) is 0 Å². The molecule has 0 bridgehead atoms. The van der Waals surface area contributed by atoms with Gasteiger partial charge in [0.05, 0.1) is 11.0 Å². The topological polar surface area (TPSA) is 90.3 Å². The maximum atomic E-state index is 13.1. The van der Waals surface area contributed by atoms with Crippen LogP contribution in [-0.4, -0.2) is 37.8 Å². The second-order valence-electron chi connectivity index (χ2n) is 6.04. The molecule has 1 N–H and O–H groups in total. The SMILES string of the molecule is N#CCNC(=O)C1CCCCN1S(=O)(=O)c1ccc(-c2ccsc2)cc1. The van der Waals surface area contributed by atoms with E-state index in [-0.39, 0.29) is 11.4 Å². The van der Waals surface area contributed by atoms with Crippen molar-refractivity contribution < 1.29 is 13.2 Å². The van der Waals surface area contributed by atoms with Gasteiger partial charge in [0.25, 0.3) is 0 Å². The van der Waals surface area contributed by atoms with Crippen molar-refractivity contribution in [3.05, 3.63) is 41.1 Å². The highest BCUT2D eigenvalue weighted by Gasteiger charge is 2.37. The fraction of sp³-hybridized carbons (Fsp3) is 0.333. The lowest BCUT2D eigenvalue weighted by Gasteiger charge is -2.33. The summed E-state index contributed by atoms with van der Waals surface area (Å²) in [5, 5.41) is 15.1. The van der Waals surface area contributed by atoms with Gasteiger partial charge < -0.3 is 5.32 Å². The van der Waals surface area contributed by atoms with Gasteiger partial charge in [-0.1, -0.05) is 18.6 Å². The van der Waals surface area contributed by atoms with Crippen molar-refractivity contribution in [3.63, 3.8) is 0 Å². The first kappa shape index (κ1) is 18.6. The van der Waals surface area contributed by atoms with Crippen molar-refractivity contribution in [2.45, 2.75) is 30.2 Å². The molecule has 2 aromatic rings. The van der Waals surface area contributed by atoms with E-state index in [0.29, 0.717) is 19.4 Å². The normalized spacial score (nSPS) is 18.2.